The molecule has 3 N–H and O–H groups in total. The lowest BCUT2D eigenvalue weighted by Crippen LogP contribution is -2.02. The highest BCUT2D eigenvalue weighted by molar-refractivity contribution is 9.10. The minimum absolute atomic E-state index is 0.153. The zero-order valence-corrected chi connectivity index (χ0v) is 9.46. The fourth-order valence-electron chi connectivity index (χ4n) is 1.05. The second kappa shape index (κ2) is 6.01. The van der Waals surface area contributed by atoms with Gasteiger partial charge in [0.1, 0.15) is 5.75 Å². The van der Waals surface area contributed by atoms with Gasteiger partial charge in [-0.2, -0.15) is 0 Å². The Kier molecular flexibility index (Phi) is 4.93. The van der Waals surface area contributed by atoms with Gasteiger partial charge in [-0.1, -0.05) is 15.9 Å². The fraction of sp³-hybridized carbons (Fsp3) is 0.400. The monoisotopic (exact) mass is 259 g/mol. The van der Waals surface area contributed by atoms with Crippen molar-refractivity contribution in [3.8, 4) is 5.75 Å². The number of nitrogens with two attached hydrogens (primary N) is 1. The van der Waals surface area contributed by atoms with E-state index in [1.54, 1.807) is 0 Å². The molecule has 0 bridgehead atoms. The Morgan fingerprint density at radius 2 is 2.21 bits per heavy atom. The highest BCUT2D eigenvalue weighted by Crippen LogP contribution is 2.22. The van der Waals surface area contributed by atoms with Crippen molar-refractivity contribution in [3.05, 3.63) is 28.2 Å². The molecular formula is C10H14BrNO2. The molecule has 0 amide bonds. The smallest absolute Gasteiger partial charge is 0.119 e. The van der Waals surface area contributed by atoms with Crippen LogP contribution in [0.15, 0.2) is 22.7 Å². The Balaban J connectivity index is 2.60. The summed E-state index contributed by atoms with van der Waals surface area (Å²) < 4.78 is 6.40. The third kappa shape index (κ3) is 3.29. The summed E-state index contributed by atoms with van der Waals surface area (Å²) >= 11 is 3.40. The van der Waals surface area contributed by atoms with Crippen LogP contribution in [0, 0.1) is 0 Å². The molecule has 0 heterocycles. The van der Waals surface area contributed by atoms with Gasteiger partial charge < -0.3 is 15.6 Å². The number of aliphatic hydroxyl groups is 1. The highest BCUT2D eigenvalue weighted by atomic mass is 79.9. The molecule has 78 valence electrons. The lowest BCUT2D eigenvalue weighted by Gasteiger charge is -2.07. The van der Waals surface area contributed by atoms with Crippen molar-refractivity contribution in [1.29, 1.82) is 0 Å². The molecule has 1 aromatic rings. The average molecular weight is 260 g/mol. The first-order valence-electron chi connectivity index (χ1n) is 4.50. The molecule has 1 aromatic carbocycles. The Bertz CT molecular complexity index is 291. The third-order valence-electron chi connectivity index (χ3n) is 1.81. The number of benzene rings is 1. The Labute approximate surface area is 92.0 Å². The Morgan fingerprint density at radius 3 is 2.86 bits per heavy atom. The number of hydrogen-bond donors (Lipinski definition) is 2. The van der Waals surface area contributed by atoms with Crippen molar-refractivity contribution < 1.29 is 9.84 Å². The minimum Gasteiger partial charge on any atom is -0.493 e. The van der Waals surface area contributed by atoms with Gasteiger partial charge in [0.05, 0.1) is 6.61 Å². The van der Waals surface area contributed by atoms with Crippen LogP contribution in [0.4, 0.5) is 0 Å². The topological polar surface area (TPSA) is 55.5 Å². The molecule has 0 aliphatic heterocycles. The molecule has 0 saturated heterocycles. The summed E-state index contributed by atoms with van der Waals surface area (Å²) in [6.45, 7) is 1.17. The molecule has 0 atom stereocenters. The van der Waals surface area contributed by atoms with Crippen molar-refractivity contribution in [3.63, 3.8) is 0 Å². The molecule has 0 aliphatic rings. The van der Waals surface area contributed by atoms with Gasteiger partial charge in [-0.05, 0) is 23.8 Å². The number of ether oxygens (including phenoxy) is 1. The van der Waals surface area contributed by atoms with Crippen LogP contribution in [0.25, 0.3) is 0 Å². The van der Waals surface area contributed by atoms with E-state index in [9.17, 15) is 0 Å². The summed E-state index contributed by atoms with van der Waals surface area (Å²) in [6.07, 6.45) is 0.647. The van der Waals surface area contributed by atoms with Crippen LogP contribution in [0.5, 0.6) is 5.75 Å². The van der Waals surface area contributed by atoms with Gasteiger partial charge in [0, 0.05) is 24.0 Å². The Hall–Kier alpha value is -0.580. The second-order valence-corrected chi connectivity index (χ2v) is 3.74. The average Bonchev–Trinajstić information content (AvgIpc) is 2.21. The quantitative estimate of drug-likeness (QED) is 0.792. The van der Waals surface area contributed by atoms with E-state index in [2.05, 4.69) is 15.9 Å². The second-order valence-electron chi connectivity index (χ2n) is 2.88. The maximum Gasteiger partial charge on any atom is 0.119 e. The number of rotatable bonds is 5. The van der Waals surface area contributed by atoms with E-state index in [1.807, 2.05) is 18.2 Å². The maximum absolute atomic E-state index is 8.58. The van der Waals surface area contributed by atoms with Gasteiger partial charge in [0.15, 0.2) is 0 Å². The third-order valence-corrected chi connectivity index (χ3v) is 2.58. The van der Waals surface area contributed by atoms with E-state index in [-0.39, 0.29) is 6.61 Å². The van der Waals surface area contributed by atoms with Gasteiger partial charge in [-0.25, -0.2) is 0 Å². The summed E-state index contributed by atoms with van der Waals surface area (Å²) in [6, 6.07) is 5.69. The lowest BCUT2D eigenvalue weighted by molar-refractivity contribution is 0.233. The van der Waals surface area contributed by atoms with Crippen molar-refractivity contribution in [2.24, 2.45) is 5.73 Å². The number of aliphatic hydroxyl groups excluding tert-OH is 1. The largest absolute Gasteiger partial charge is 0.493 e. The summed E-state index contributed by atoms with van der Waals surface area (Å²) in [5, 5.41) is 8.58. The number of hydrogen-bond acceptors (Lipinski definition) is 3. The van der Waals surface area contributed by atoms with Crippen molar-refractivity contribution in [1.82, 2.24) is 0 Å². The molecule has 4 heteroatoms. The highest BCUT2D eigenvalue weighted by Gasteiger charge is 2.00. The fourth-order valence-corrected chi connectivity index (χ4v) is 1.46. The minimum atomic E-state index is 0.153. The molecule has 14 heavy (non-hydrogen) atoms. The lowest BCUT2D eigenvalue weighted by atomic mass is 10.2. The van der Waals surface area contributed by atoms with Gasteiger partial charge in [-0.3, -0.25) is 0 Å². The molecule has 0 saturated carbocycles. The zero-order chi connectivity index (χ0) is 10.4. The van der Waals surface area contributed by atoms with Crippen LogP contribution in [0.2, 0.25) is 0 Å². The summed E-state index contributed by atoms with van der Waals surface area (Å²) in [4.78, 5) is 0. The molecule has 0 unspecified atom stereocenters. The molecular weight excluding hydrogens is 246 g/mol. The van der Waals surface area contributed by atoms with Gasteiger partial charge in [0.2, 0.25) is 0 Å². The predicted molar refractivity (Wildman–Crippen MR) is 59.2 cm³/mol. The summed E-state index contributed by atoms with van der Waals surface area (Å²) in [5.74, 6) is 0.794. The first-order valence-corrected chi connectivity index (χ1v) is 5.29. The molecule has 0 aromatic heterocycles. The summed E-state index contributed by atoms with van der Waals surface area (Å²) in [7, 11) is 0. The van der Waals surface area contributed by atoms with Crippen LogP contribution in [0.1, 0.15) is 12.0 Å². The van der Waals surface area contributed by atoms with Crippen LogP contribution in [-0.4, -0.2) is 18.3 Å². The van der Waals surface area contributed by atoms with E-state index in [0.717, 1.165) is 15.8 Å². The van der Waals surface area contributed by atoms with Crippen LogP contribution in [-0.2, 0) is 6.54 Å². The first-order chi connectivity index (χ1) is 6.77. The molecule has 0 fully saturated rings. The zero-order valence-electron chi connectivity index (χ0n) is 7.87. The molecule has 0 radical (unpaired) electrons. The molecule has 0 aliphatic carbocycles. The van der Waals surface area contributed by atoms with E-state index in [0.29, 0.717) is 19.6 Å². The Morgan fingerprint density at radius 1 is 1.43 bits per heavy atom. The molecule has 1 rings (SSSR count). The maximum atomic E-state index is 8.58. The van der Waals surface area contributed by atoms with E-state index < -0.39 is 0 Å². The van der Waals surface area contributed by atoms with Gasteiger partial charge in [0.25, 0.3) is 0 Å². The van der Waals surface area contributed by atoms with Gasteiger partial charge >= 0.3 is 0 Å². The standard InChI is InChI=1S/C10H14BrNO2/c11-10-3-2-9(6-8(10)7-12)14-5-1-4-13/h2-3,6,13H,1,4-5,7,12H2. The normalized spacial score (nSPS) is 10.2. The van der Waals surface area contributed by atoms with Crippen LogP contribution >= 0.6 is 15.9 Å². The van der Waals surface area contributed by atoms with Crippen molar-refractivity contribution >= 4 is 15.9 Å². The predicted octanol–water partition coefficient (Wildman–Crippen LogP) is 1.67. The first kappa shape index (κ1) is 11.5. The van der Waals surface area contributed by atoms with Crippen molar-refractivity contribution in [2.75, 3.05) is 13.2 Å². The SMILES string of the molecule is NCc1cc(OCCCO)ccc1Br. The van der Waals surface area contributed by atoms with Crippen LogP contribution in [0.3, 0.4) is 0 Å². The molecule has 3 nitrogen and oxygen atoms in total. The van der Waals surface area contributed by atoms with Crippen LogP contribution < -0.4 is 10.5 Å². The van der Waals surface area contributed by atoms with Crippen molar-refractivity contribution in [2.45, 2.75) is 13.0 Å². The molecule has 0 spiro atoms. The van der Waals surface area contributed by atoms with E-state index in [1.165, 1.54) is 0 Å². The summed E-state index contributed by atoms with van der Waals surface area (Å²) in [5.41, 5.74) is 6.57. The van der Waals surface area contributed by atoms with Gasteiger partial charge in [-0.15, -0.1) is 0 Å². The number of halogens is 1. The van der Waals surface area contributed by atoms with E-state index in [4.69, 9.17) is 15.6 Å². The van der Waals surface area contributed by atoms with E-state index >= 15 is 0 Å².